The molecule has 0 aliphatic carbocycles. The lowest BCUT2D eigenvalue weighted by Gasteiger charge is -2.17. The summed E-state index contributed by atoms with van der Waals surface area (Å²) in [7, 11) is 0. The van der Waals surface area contributed by atoms with Crippen LogP contribution in [0.3, 0.4) is 0 Å². The van der Waals surface area contributed by atoms with Crippen molar-refractivity contribution in [3.05, 3.63) is 117 Å². The highest BCUT2D eigenvalue weighted by Gasteiger charge is 2.40. The maximum atomic E-state index is 15.6. The molecule has 46 heavy (non-hydrogen) atoms. The third-order valence-corrected chi connectivity index (χ3v) is 8.13. The fraction of sp³-hybridized carbons (Fsp3) is 0.100. The molecule has 16 heteroatoms. The summed E-state index contributed by atoms with van der Waals surface area (Å²) in [6.07, 6.45) is 1.30. The summed E-state index contributed by atoms with van der Waals surface area (Å²) < 4.78 is 32.9. The van der Waals surface area contributed by atoms with Crippen LogP contribution in [-0.4, -0.2) is 55.9 Å². The second-order valence-corrected chi connectivity index (χ2v) is 10.9. The molecular weight excluding hydrogens is 624 g/mol. The maximum absolute atomic E-state index is 15.6. The van der Waals surface area contributed by atoms with E-state index in [1.54, 1.807) is 24.3 Å². The van der Waals surface area contributed by atoms with Crippen molar-refractivity contribution < 1.29 is 23.8 Å². The number of nitrogens with one attached hydrogen (secondary N) is 1. The van der Waals surface area contributed by atoms with Crippen molar-refractivity contribution in [1.29, 1.82) is 0 Å². The number of carboxylic acids is 1. The molecule has 5 heterocycles. The Hall–Kier alpha value is -5.96. The number of fused-ring (bicyclic) bond motifs is 1. The maximum Gasteiger partial charge on any atom is 0.336 e. The Morgan fingerprint density at radius 1 is 1.04 bits per heavy atom. The molecule has 1 unspecified atom stereocenters. The molecule has 0 amide bonds. The zero-order valence-corrected chi connectivity index (χ0v) is 24.0. The van der Waals surface area contributed by atoms with Crippen molar-refractivity contribution in [1.82, 2.24) is 39.7 Å². The second-order valence-electron chi connectivity index (χ2n) is 10.5. The van der Waals surface area contributed by atoms with Crippen LogP contribution in [0.2, 0.25) is 5.02 Å². The van der Waals surface area contributed by atoms with Gasteiger partial charge in [0.2, 0.25) is 11.9 Å². The number of anilines is 1. The number of aromatic nitrogens is 8. The van der Waals surface area contributed by atoms with E-state index < -0.39 is 35.4 Å². The van der Waals surface area contributed by atoms with Gasteiger partial charge in [-0.2, -0.15) is 18.4 Å². The van der Waals surface area contributed by atoms with Crippen LogP contribution in [0.5, 0.6) is 5.75 Å². The molecule has 13 nitrogen and oxygen atoms in total. The molecule has 1 aliphatic heterocycles. The first-order valence-corrected chi connectivity index (χ1v) is 14.0. The van der Waals surface area contributed by atoms with Gasteiger partial charge in [-0.3, -0.25) is 4.79 Å². The Morgan fingerprint density at radius 3 is 2.61 bits per heavy atom. The molecule has 0 fully saturated rings. The van der Waals surface area contributed by atoms with Gasteiger partial charge in [-0.05, 0) is 70.9 Å². The standard InChI is InChI=1S/C30H20ClF2N9O4/c31-14-4-6-19(41-12-35-39-40-41)17(10-14)13-8-20-18(25-15(30(45)46)2-1-3-22(25)43)11-21(42(20)24(44)9-13)26-28(33)38-29(37-26)16-5-7-23(34)36-27(16)32/h1-10,12,18,21,43H,11H2,(H2,34,36)(H,37,38)(H,45,46)/t18?,21-/m1/s1. The minimum Gasteiger partial charge on any atom is -0.508 e. The normalized spacial score (nSPS) is 15.6. The second kappa shape index (κ2) is 10.9. The highest BCUT2D eigenvalue weighted by atomic mass is 35.5. The number of pyridine rings is 2. The predicted octanol–water partition coefficient (Wildman–Crippen LogP) is 4.32. The van der Waals surface area contributed by atoms with E-state index in [2.05, 4.69) is 30.5 Å². The summed E-state index contributed by atoms with van der Waals surface area (Å²) >= 11 is 6.35. The van der Waals surface area contributed by atoms with Gasteiger partial charge in [-0.15, -0.1) is 5.10 Å². The Morgan fingerprint density at radius 2 is 1.87 bits per heavy atom. The Kier molecular flexibility index (Phi) is 6.81. The number of nitrogens with two attached hydrogens (primary N) is 1. The van der Waals surface area contributed by atoms with E-state index in [1.165, 1.54) is 52.0 Å². The SMILES string of the molecule is Nc1ccc(-c2nc(F)c([C@H]3CC(c4c(O)cccc4C(=O)O)c4cc(-c5cc(Cl)ccc5-n5cnnn5)cc(=O)n43)[nH]2)c(F)n1. The number of hydrogen-bond donors (Lipinski definition) is 4. The number of imidazole rings is 1. The molecule has 7 rings (SSSR count). The number of phenolic OH excluding ortho intramolecular Hbond substituents is 1. The quantitative estimate of drug-likeness (QED) is 0.190. The number of halogens is 3. The lowest BCUT2D eigenvalue weighted by Crippen LogP contribution is -2.24. The van der Waals surface area contributed by atoms with Crippen LogP contribution in [0.25, 0.3) is 28.2 Å². The van der Waals surface area contributed by atoms with Crippen LogP contribution >= 0.6 is 11.6 Å². The van der Waals surface area contributed by atoms with Crippen LogP contribution in [0.15, 0.2) is 71.8 Å². The van der Waals surface area contributed by atoms with E-state index in [0.29, 0.717) is 21.8 Å². The van der Waals surface area contributed by atoms with Gasteiger partial charge in [0.15, 0.2) is 0 Å². The molecule has 0 bridgehead atoms. The first-order valence-electron chi connectivity index (χ1n) is 13.6. The van der Waals surface area contributed by atoms with Gasteiger partial charge in [0.1, 0.15) is 23.7 Å². The number of nitrogens with zero attached hydrogens (tertiary/aromatic N) is 7. The number of tetrazole rings is 1. The number of aromatic carboxylic acids is 1. The average Bonchev–Trinajstić information content (AvgIpc) is 3.76. The fourth-order valence-electron chi connectivity index (χ4n) is 5.98. The molecule has 0 radical (unpaired) electrons. The van der Waals surface area contributed by atoms with Crippen molar-refractivity contribution in [2.75, 3.05) is 5.73 Å². The fourth-order valence-corrected chi connectivity index (χ4v) is 6.15. The Balaban J connectivity index is 1.45. The Labute approximate surface area is 261 Å². The number of nitrogen functional groups attached to an aromatic ring is 1. The lowest BCUT2D eigenvalue weighted by atomic mass is 9.87. The molecule has 0 spiro atoms. The molecule has 4 aromatic heterocycles. The van der Waals surface area contributed by atoms with Gasteiger partial charge in [0.25, 0.3) is 5.56 Å². The highest BCUT2D eigenvalue weighted by Crippen LogP contribution is 2.47. The van der Waals surface area contributed by atoms with Gasteiger partial charge >= 0.3 is 5.97 Å². The zero-order valence-electron chi connectivity index (χ0n) is 23.3. The van der Waals surface area contributed by atoms with E-state index in [9.17, 15) is 24.2 Å². The predicted molar refractivity (Wildman–Crippen MR) is 160 cm³/mol. The van der Waals surface area contributed by atoms with Crippen molar-refractivity contribution in [3.8, 4) is 34.0 Å². The summed E-state index contributed by atoms with van der Waals surface area (Å²) in [5.41, 5.74) is 6.10. The molecular formula is C30H20ClF2N9O4. The number of carboxylic acid groups (broad SMARTS) is 1. The summed E-state index contributed by atoms with van der Waals surface area (Å²) in [5, 5.41) is 32.6. The molecule has 230 valence electrons. The highest BCUT2D eigenvalue weighted by molar-refractivity contribution is 6.31. The van der Waals surface area contributed by atoms with E-state index in [-0.39, 0.29) is 51.9 Å². The topological polar surface area (TPSA) is 191 Å². The van der Waals surface area contributed by atoms with E-state index in [0.717, 1.165) is 0 Å². The third kappa shape index (κ3) is 4.73. The van der Waals surface area contributed by atoms with Gasteiger partial charge in [0, 0.05) is 33.8 Å². The number of carbonyl (C=O) groups is 1. The van der Waals surface area contributed by atoms with Crippen molar-refractivity contribution in [2.24, 2.45) is 0 Å². The summed E-state index contributed by atoms with van der Waals surface area (Å²) in [4.78, 5) is 36.5. The summed E-state index contributed by atoms with van der Waals surface area (Å²) in [6, 6.07) is 13.5. The average molecular weight is 644 g/mol. The van der Waals surface area contributed by atoms with Crippen LogP contribution < -0.4 is 11.3 Å². The van der Waals surface area contributed by atoms with Crippen LogP contribution in [0, 0.1) is 11.9 Å². The van der Waals surface area contributed by atoms with Crippen molar-refractivity contribution in [3.63, 3.8) is 0 Å². The molecule has 6 aromatic rings. The zero-order chi connectivity index (χ0) is 32.3. The minimum absolute atomic E-state index is 0.0310. The summed E-state index contributed by atoms with van der Waals surface area (Å²) in [6.45, 7) is 0. The van der Waals surface area contributed by atoms with E-state index in [4.69, 9.17) is 17.3 Å². The molecule has 1 aliphatic rings. The van der Waals surface area contributed by atoms with Gasteiger partial charge in [-0.1, -0.05) is 17.7 Å². The Bertz CT molecular complexity index is 2240. The van der Waals surface area contributed by atoms with E-state index >= 15 is 4.39 Å². The molecule has 5 N–H and O–H groups in total. The van der Waals surface area contributed by atoms with Gasteiger partial charge in [-0.25, -0.2) is 9.78 Å². The van der Waals surface area contributed by atoms with Crippen LogP contribution in [0.1, 0.15) is 45.7 Å². The number of aromatic amines is 1. The number of rotatable bonds is 6. The first kappa shape index (κ1) is 28.8. The van der Waals surface area contributed by atoms with Crippen LogP contribution in [-0.2, 0) is 0 Å². The number of H-pyrrole nitrogens is 1. The van der Waals surface area contributed by atoms with Crippen molar-refractivity contribution in [2.45, 2.75) is 18.4 Å². The molecule has 2 atom stereocenters. The smallest absolute Gasteiger partial charge is 0.336 e. The van der Waals surface area contributed by atoms with Crippen LogP contribution in [0.4, 0.5) is 14.6 Å². The minimum atomic E-state index is -1.31. The number of benzene rings is 2. The van der Waals surface area contributed by atoms with Gasteiger partial charge in [0.05, 0.1) is 28.6 Å². The third-order valence-electron chi connectivity index (χ3n) is 7.90. The number of phenols is 1. The first-order chi connectivity index (χ1) is 22.1. The van der Waals surface area contributed by atoms with Gasteiger partial charge < -0.3 is 25.5 Å². The molecule has 0 saturated heterocycles. The van der Waals surface area contributed by atoms with Crippen molar-refractivity contribution >= 4 is 23.4 Å². The molecule has 2 aromatic carbocycles. The van der Waals surface area contributed by atoms with E-state index in [1.807, 2.05) is 0 Å². The largest absolute Gasteiger partial charge is 0.508 e. The summed E-state index contributed by atoms with van der Waals surface area (Å²) in [5.74, 6) is -4.81. The monoisotopic (exact) mass is 643 g/mol. The molecule has 0 saturated carbocycles. The number of aromatic hydroxyl groups is 1. The lowest BCUT2D eigenvalue weighted by molar-refractivity contribution is 0.0694. The number of hydrogen-bond acceptors (Lipinski definition) is 9.